The van der Waals surface area contributed by atoms with Crippen LogP contribution in [-0.2, 0) is 12.8 Å². The van der Waals surface area contributed by atoms with E-state index in [1.165, 1.54) is 6.92 Å². The Balaban J connectivity index is 1.95. The normalized spacial score (nSPS) is 14.4. The van der Waals surface area contributed by atoms with Crippen LogP contribution < -0.4 is 9.64 Å². The molecule has 0 bridgehead atoms. The van der Waals surface area contributed by atoms with Crippen LogP contribution >= 0.6 is 0 Å². The summed E-state index contributed by atoms with van der Waals surface area (Å²) in [6.07, 6.45) is -3.33. The van der Waals surface area contributed by atoms with Gasteiger partial charge in [0.2, 0.25) is 5.82 Å². The lowest BCUT2D eigenvalue weighted by Crippen LogP contribution is -2.29. The molecule has 0 atom stereocenters. The molecule has 7 nitrogen and oxygen atoms in total. The maximum Gasteiger partial charge on any atom is 0.422 e. The van der Waals surface area contributed by atoms with Gasteiger partial charge in [0, 0.05) is 13.1 Å². The first-order valence-corrected chi connectivity index (χ1v) is 8.29. The number of nitro groups is 1. The molecule has 1 aromatic carbocycles. The standard InChI is InChI=1S/C17H17F3N4O3/c1-11-21-15(14(24(25)26)16(22-11)27-10-17(18,19)20)23-8-6-12-4-2-3-5-13(12)7-9-23/h2-5H,6-10H2,1H3. The zero-order chi connectivity index (χ0) is 19.6. The minimum atomic E-state index is -4.63. The van der Waals surface area contributed by atoms with Crippen molar-refractivity contribution in [2.24, 2.45) is 0 Å². The number of benzene rings is 1. The zero-order valence-corrected chi connectivity index (χ0v) is 14.5. The van der Waals surface area contributed by atoms with Gasteiger partial charge in [-0.3, -0.25) is 10.1 Å². The van der Waals surface area contributed by atoms with Crippen molar-refractivity contribution in [3.05, 3.63) is 51.3 Å². The maximum absolute atomic E-state index is 12.5. The summed E-state index contributed by atoms with van der Waals surface area (Å²) in [7, 11) is 0. The molecular formula is C17H17F3N4O3. The predicted octanol–water partition coefficient (Wildman–Crippen LogP) is 3.24. The Labute approximate surface area is 152 Å². The van der Waals surface area contributed by atoms with Crippen molar-refractivity contribution in [1.29, 1.82) is 0 Å². The number of rotatable bonds is 4. The fourth-order valence-electron chi connectivity index (χ4n) is 3.04. The van der Waals surface area contributed by atoms with Gasteiger partial charge in [-0.05, 0) is 30.9 Å². The Bertz CT molecular complexity index is 831. The maximum atomic E-state index is 12.5. The van der Waals surface area contributed by atoms with Gasteiger partial charge in [-0.15, -0.1) is 0 Å². The molecule has 1 aromatic heterocycles. The molecule has 0 N–H and O–H groups in total. The number of fused-ring (bicyclic) bond motifs is 1. The first-order chi connectivity index (χ1) is 12.7. The number of alkyl halides is 3. The van der Waals surface area contributed by atoms with Gasteiger partial charge in [0.1, 0.15) is 5.82 Å². The Kier molecular flexibility index (Phi) is 5.15. The number of aryl methyl sites for hydroxylation is 1. The van der Waals surface area contributed by atoms with Crippen LogP contribution in [0.3, 0.4) is 0 Å². The second-order valence-electron chi connectivity index (χ2n) is 6.16. The van der Waals surface area contributed by atoms with E-state index in [4.69, 9.17) is 0 Å². The molecule has 1 aliphatic rings. The van der Waals surface area contributed by atoms with Crippen LogP contribution in [0, 0.1) is 17.0 Å². The number of hydrogen-bond donors (Lipinski definition) is 0. The number of anilines is 1. The van der Waals surface area contributed by atoms with Gasteiger partial charge in [0.05, 0.1) is 4.92 Å². The molecule has 0 aliphatic carbocycles. The molecule has 0 unspecified atom stereocenters. The summed E-state index contributed by atoms with van der Waals surface area (Å²) in [5.74, 6) is -0.575. The van der Waals surface area contributed by atoms with Gasteiger partial charge in [-0.2, -0.15) is 18.2 Å². The summed E-state index contributed by atoms with van der Waals surface area (Å²) in [5, 5.41) is 11.6. The quantitative estimate of drug-likeness (QED) is 0.597. The van der Waals surface area contributed by atoms with Crippen LogP contribution in [0.1, 0.15) is 17.0 Å². The molecule has 0 radical (unpaired) electrons. The van der Waals surface area contributed by atoms with E-state index in [2.05, 4.69) is 14.7 Å². The minimum absolute atomic E-state index is 0.0162. The second kappa shape index (κ2) is 7.37. The third-order valence-corrected chi connectivity index (χ3v) is 4.22. The van der Waals surface area contributed by atoms with Gasteiger partial charge >= 0.3 is 11.9 Å². The third-order valence-electron chi connectivity index (χ3n) is 4.22. The fourth-order valence-corrected chi connectivity index (χ4v) is 3.04. The van der Waals surface area contributed by atoms with E-state index in [9.17, 15) is 23.3 Å². The monoisotopic (exact) mass is 382 g/mol. The lowest BCUT2D eigenvalue weighted by Gasteiger charge is -2.22. The second-order valence-corrected chi connectivity index (χ2v) is 6.16. The Morgan fingerprint density at radius 2 is 1.78 bits per heavy atom. The molecule has 2 aromatic rings. The molecular weight excluding hydrogens is 365 g/mol. The molecule has 0 fully saturated rings. The van der Waals surface area contributed by atoms with Crippen LogP contribution in [0.5, 0.6) is 5.88 Å². The average Bonchev–Trinajstić information content (AvgIpc) is 2.81. The van der Waals surface area contributed by atoms with Crippen LogP contribution in [0.2, 0.25) is 0 Å². The summed E-state index contributed by atoms with van der Waals surface area (Å²) in [5.41, 5.74) is 1.64. The van der Waals surface area contributed by atoms with Gasteiger partial charge in [0.15, 0.2) is 6.61 Å². The summed E-state index contributed by atoms with van der Waals surface area (Å²) in [6, 6.07) is 7.84. The number of ether oxygens (including phenoxy) is 1. The van der Waals surface area contributed by atoms with E-state index in [0.717, 1.165) is 11.1 Å². The SMILES string of the molecule is Cc1nc(OCC(F)(F)F)c([N+](=O)[O-])c(N2CCc3ccccc3CC2)n1. The molecule has 1 aliphatic heterocycles. The first-order valence-electron chi connectivity index (χ1n) is 8.29. The summed E-state index contributed by atoms with van der Waals surface area (Å²) in [6.45, 7) is 0.704. The van der Waals surface area contributed by atoms with Crippen molar-refractivity contribution in [3.63, 3.8) is 0 Å². The van der Waals surface area contributed by atoms with Crippen molar-refractivity contribution < 1.29 is 22.8 Å². The van der Waals surface area contributed by atoms with Gasteiger partial charge < -0.3 is 9.64 Å². The van der Waals surface area contributed by atoms with Gasteiger partial charge in [-0.25, -0.2) is 4.98 Å². The van der Waals surface area contributed by atoms with Crippen molar-refractivity contribution in [3.8, 4) is 5.88 Å². The third kappa shape index (κ3) is 4.44. The summed E-state index contributed by atoms with van der Waals surface area (Å²) >= 11 is 0. The fraction of sp³-hybridized carbons (Fsp3) is 0.412. The molecule has 144 valence electrons. The largest absolute Gasteiger partial charge is 0.463 e. The summed E-state index contributed by atoms with van der Waals surface area (Å²) < 4.78 is 42.1. The average molecular weight is 382 g/mol. The van der Waals surface area contributed by atoms with Crippen molar-refractivity contribution in [2.45, 2.75) is 25.9 Å². The van der Waals surface area contributed by atoms with Gasteiger partial charge in [-0.1, -0.05) is 24.3 Å². The lowest BCUT2D eigenvalue weighted by molar-refractivity contribution is -0.385. The Morgan fingerprint density at radius 3 is 2.30 bits per heavy atom. The molecule has 2 heterocycles. The van der Waals surface area contributed by atoms with Crippen LogP contribution in [-0.4, -0.2) is 40.8 Å². The number of halogens is 3. The number of nitrogens with zero attached hydrogens (tertiary/aromatic N) is 4. The van der Waals surface area contributed by atoms with Crippen molar-refractivity contribution >= 4 is 11.5 Å². The highest BCUT2D eigenvalue weighted by molar-refractivity contribution is 5.63. The molecule has 10 heteroatoms. The highest BCUT2D eigenvalue weighted by Crippen LogP contribution is 2.36. The zero-order valence-electron chi connectivity index (χ0n) is 14.5. The van der Waals surface area contributed by atoms with Crippen molar-refractivity contribution in [1.82, 2.24) is 9.97 Å². The van der Waals surface area contributed by atoms with Crippen LogP contribution in [0.15, 0.2) is 24.3 Å². The molecule has 0 saturated heterocycles. The van der Waals surface area contributed by atoms with E-state index < -0.39 is 29.3 Å². The predicted molar refractivity (Wildman–Crippen MR) is 91.0 cm³/mol. The van der Waals surface area contributed by atoms with Crippen LogP contribution in [0.4, 0.5) is 24.7 Å². The highest BCUT2D eigenvalue weighted by Gasteiger charge is 2.34. The number of aromatic nitrogens is 2. The smallest absolute Gasteiger partial charge is 0.422 e. The van der Waals surface area contributed by atoms with Crippen molar-refractivity contribution in [2.75, 3.05) is 24.6 Å². The lowest BCUT2D eigenvalue weighted by atomic mass is 10.0. The summed E-state index contributed by atoms with van der Waals surface area (Å²) in [4.78, 5) is 20.3. The van der Waals surface area contributed by atoms with E-state index >= 15 is 0 Å². The van der Waals surface area contributed by atoms with Gasteiger partial charge in [0.25, 0.3) is 5.88 Å². The molecule has 27 heavy (non-hydrogen) atoms. The number of hydrogen-bond acceptors (Lipinski definition) is 6. The topological polar surface area (TPSA) is 81.4 Å². The minimum Gasteiger partial charge on any atom is -0.463 e. The van der Waals surface area contributed by atoms with Crippen LogP contribution in [0.25, 0.3) is 0 Å². The van der Waals surface area contributed by atoms with E-state index in [-0.39, 0.29) is 11.6 Å². The molecule has 3 rings (SSSR count). The first kappa shape index (κ1) is 18.9. The van der Waals surface area contributed by atoms with E-state index in [0.29, 0.717) is 25.9 Å². The molecule has 0 amide bonds. The van der Waals surface area contributed by atoms with E-state index in [1.807, 2.05) is 24.3 Å². The highest BCUT2D eigenvalue weighted by atomic mass is 19.4. The Morgan fingerprint density at radius 1 is 1.19 bits per heavy atom. The Hall–Kier alpha value is -2.91. The molecule has 0 spiro atoms. The van der Waals surface area contributed by atoms with E-state index in [1.54, 1.807) is 4.90 Å². The molecule has 0 saturated carbocycles.